The number of fused-ring (bicyclic) bond motifs is 1. The number of hydrogen-bond donors (Lipinski definition) is 2. The highest BCUT2D eigenvalue weighted by Crippen LogP contribution is 2.19. The van der Waals surface area contributed by atoms with Crippen molar-refractivity contribution in [2.24, 2.45) is 5.92 Å². The number of aromatic nitrogens is 3. The standard InChI is InChI=1S/C13H20N6/c1-14-11-9-19-6-4-15-13(19)12(17-11)16-7-10-3-5-18(2)8-10/h4,6,9-10,14H,3,5,7-8H2,1-2H3,(H,16,17). The van der Waals surface area contributed by atoms with E-state index in [4.69, 9.17) is 0 Å². The van der Waals surface area contributed by atoms with Crippen LogP contribution in [0, 0.1) is 5.92 Å². The molecule has 1 atom stereocenters. The van der Waals surface area contributed by atoms with E-state index >= 15 is 0 Å². The zero-order chi connectivity index (χ0) is 13.2. The molecule has 6 heteroatoms. The third kappa shape index (κ3) is 2.49. The summed E-state index contributed by atoms with van der Waals surface area (Å²) in [5, 5.41) is 6.53. The van der Waals surface area contributed by atoms with Crippen LogP contribution in [-0.4, -0.2) is 53.0 Å². The number of rotatable bonds is 4. The molecule has 1 saturated heterocycles. The van der Waals surface area contributed by atoms with E-state index in [1.165, 1.54) is 13.0 Å². The van der Waals surface area contributed by atoms with E-state index in [9.17, 15) is 0 Å². The van der Waals surface area contributed by atoms with Crippen molar-refractivity contribution in [3.05, 3.63) is 18.6 Å². The molecule has 0 spiro atoms. The normalized spacial score (nSPS) is 20.0. The van der Waals surface area contributed by atoms with Crippen LogP contribution in [0.5, 0.6) is 0 Å². The van der Waals surface area contributed by atoms with E-state index in [0.717, 1.165) is 30.4 Å². The summed E-state index contributed by atoms with van der Waals surface area (Å²) in [6.45, 7) is 3.30. The van der Waals surface area contributed by atoms with E-state index in [0.29, 0.717) is 5.92 Å². The summed E-state index contributed by atoms with van der Waals surface area (Å²) in [6, 6.07) is 0. The summed E-state index contributed by atoms with van der Waals surface area (Å²) >= 11 is 0. The maximum absolute atomic E-state index is 4.55. The van der Waals surface area contributed by atoms with E-state index < -0.39 is 0 Å². The number of imidazole rings is 1. The van der Waals surface area contributed by atoms with E-state index in [-0.39, 0.29) is 0 Å². The third-order valence-electron chi connectivity index (χ3n) is 3.68. The molecular formula is C13H20N6. The average Bonchev–Trinajstić information content (AvgIpc) is 3.04. The zero-order valence-corrected chi connectivity index (χ0v) is 11.4. The molecule has 6 nitrogen and oxygen atoms in total. The van der Waals surface area contributed by atoms with Crippen LogP contribution in [0.1, 0.15) is 6.42 Å². The van der Waals surface area contributed by atoms with Crippen LogP contribution >= 0.6 is 0 Å². The zero-order valence-electron chi connectivity index (χ0n) is 11.4. The predicted molar refractivity (Wildman–Crippen MR) is 76.6 cm³/mol. The molecular weight excluding hydrogens is 240 g/mol. The Morgan fingerprint density at radius 1 is 1.47 bits per heavy atom. The number of nitrogens with zero attached hydrogens (tertiary/aromatic N) is 4. The minimum atomic E-state index is 0.694. The molecule has 0 saturated carbocycles. The van der Waals surface area contributed by atoms with Gasteiger partial charge in [0.2, 0.25) is 0 Å². The lowest BCUT2D eigenvalue weighted by Crippen LogP contribution is -2.20. The van der Waals surface area contributed by atoms with E-state index in [1.54, 1.807) is 6.20 Å². The molecule has 3 rings (SSSR count). The van der Waals surface area contributed by atoms with Crippen LogP contribution in [0.25, 0.3) is 5.65 Å². The minimum Gasteiger partial charge on any atom is -0.372 e. The monoisotopic (exact) mass is 260 g/mol. The van der Waals surface area contributed by atoms with Gasteiger partial charge in [-0.15, -0.1) is 0 Å². The summed E-state index contributed by atoms with van der Waals surface area (Å²) in [6.07, 6.45) is 6.92. The molecule has 1 aliphatic heterocycles. The van der Waals surface area contributed by atoms with E-state index in [1.807, 2.05) is 23.8 Å². The van der Waals surface area contributed by atoms with Gasteiger partial charge in [-0.25, -0.2) is 9.97 Å². The summed E-state index contributed by atoms with van der Waals surface area (Å²) in [5.74, 6) is 2.39. The first-order valence-corrected chi connectivity index (χ1v) is 6.70. The van der Waals surface area contributed by atoms with Crippen LogP contribution < -0.4 is 10.6 Å². The van der Waals surface area contributed by atoms with Gasteiger partial charge in [0.05, 0.1) is 6.20 Å². The molecule has 0 radical (unpaired) electrons. The lowest BCUT2D eigenvalue weighted by atomic mass is 10.1. The Labute approximate surface area is 112 Å². The first-order chi connectivity index (χ1) is 9.26. The smallest absolute Gasteiger partial charge is 0.180 e. The molecule has 1 aliphatic rings. The molecule has 0 amide bonds. The second kappa shape index (κ2) is 5.05. The maximum Gasteiger partial charge on any atom is 0.180 e. The fourth-order valence-electron chi connectivity index (χ4n) is 2.60. The highest BCUT2D eigenvalue weighted by Gasteiger charge is 2.19. The summed E-state index contributed by atoms with van der Waals surface area (Å²) in [7, 11) is 4.05. The quantitative estimate of drug-likeness (QED) is 0.863. The second-order valence-corrected chi connectivity index (χ2v) is 5.18. The first kappa shape index (κ1) is 12.2. The topological polar surface area (TPSA) is 57.5 Å². The van der Waals surface area contributed by atoms with Crippen molar-refractivity contribution < 1.29 is 0 Å². The van der Waals surface area contributed by atoms with Crippen LogP contribution in [0.3, 0.4) is 0 Å². The largest absolute Gasteiger partial charge is 0.372 e. The molecule has 2 N–H and O–H groups in total. The average molecular weight is 260 g/mol. The predicted octanol–water partition coefficient (Wildman–Crippen LogP) is 1.13. The Morgan fingerprint density at radius 2 is 2.37 bits per heavy atom. The lowest BCUT2D eigenvalue weighted by Gasteiger charge is -2.13. The molecule has 1 fully saturated rings. The van der Waals surface area contributed by atoms with Gasteiger partial charge in [0.1, 0.15) is 5.82 Å². The van der Waals surface area contributed by atoms with E-state index in [2.05, 4.69) is 32.5 Å². The molecule has 0 aliphatic carbocycles. The van der Waals surface area contributed by atoms with Gasteiger partial charge >= 0.3 is 0 Å². The number of likely N-dealkylation sites (tertiary alicyclic amines) is 1. The van der Waals surface area contributed by atoms with Gasteiger partial charge in [-0.1, -0.05) is 0 Å². The first-order valence-electron chi connectivity index (χ1n) is 6.70. The third-order valence-corrected chi connectivity index (χ3v) is 3.68. The Morgan fingerprint density at radius 3 is 3.11 bits per heavy atom. The molecule has 2 aromatic heterocycles. The van der Waals surface area contributed by atoms with Crippen molar-refractivity contribution in [3.63, 3.8) is 0 Å². The van der Waals surface area contributed by atoms with Crippen molar-refractivity contribution in [1.82, 2.24) is 19.3 Å². The van der Waals surface area contributed by atoms with Crippen LogP contribution in [0.15, 0.2) is 18.6 Å². The molecule has 0 aromatic carbocycles. The van der Waals surface area contributed by atoms with Gasteiger partial charge in [0.15, 0.2) is 11.5 Å². The van der Waals surface area contributed by atoms with Crippen molar-refractivity contribution in [2.75, 3.05) is 44.4 Å². The minimum absolute atomic E-state index is 0.694. The van der Waals surface area contributed by atoms with Crippen LogP contribution in [0.4, 0.5) is 11.6 Å². The van der Waals surface area contributed by atoms with Gasteiger partial charge in [-0.2, -0.15) is 0 Å². The Bertz CT molecular complexity index is 563. The summed E-state index contributed by atoms with van der Waals surface area (Å²) < 4.78 is 1.99. The van der Waals surface area contributed by atoms with Crippen molar-refractivity contribution in [2.45, 2.75) is 6.42 Å². The Hall–Kier alpha value is -1.82. The molecule has 102 valence electrons. The fraction of sp³-hybridized carbons (Fsp3) is 0.538. The second-order valence-electron chi connectivity index (χ2n) is 5.18. The van der Waals surface area contributed by atoms with Gasteiger partial charge in [-0.05, 0) is 25.9 Å². The van der Waals surface area contributed by atoms with Gasteiger partial charge in [-0.3, -0.25) is 0 Å². The molecule has 3 heterocycles. The van der Waals surface area contributed by atoms with Gasteiger partial charge in [0, 0.05) is 32.5 Å². The Kier molecular flexibility index (Phi) is 3.25. The summed E-state index contributed by atoms with van der Waals surface area (Å²) in [4.78, 5) is 11.3. The van der Waals surface area contributed by atoms with Crippen molar-refractivity contribution >= 4 is 17.3 Å². The maximum atomic E-state index is 4.55. The number of hydrogen-bond acceptors (Lipinski definition) is 5. The van der Waals surface area contributed by atoms with Crippen LogP contribution in [0.2, 0.25) is 0 Å². The molecule has 19 heavy (non-hydrogen) atoms. The van der Waals surface area contributed by atoms with Crippen molar-refractivity contribution in [3.8, 4) is 0 Å². The van der Waals surface area contributed by atoms with Gasteiger partial charge < -0.3 is 19.9 Å². The lowest BCUT2D eigenvalue weighted by molar-refractivity contribution is 0.399. The summed E-state index contributed by atoms with van der Waals surface area (Å²) in [5.41, 5.74) is 0.880. The highest BCUT2D eigenvalue weighted by molar-refractivity contribution is 5.65. The Balaban J connectivity index is 1.77. The SMILES string of the molecule is CNc1cn2ccnc2c(NCC2CCN(C)C2)n1. The van der Waals surface area contributed by atoms with Crippen LogP contribution in [-0.2, 0) is 0 Å². The fourth-order valence-corrected chi connectivity index (χ4v) is 2.60. The molecule has 2 aromatic rings. The molecule has 0 bridgehead atoms. The highest BCUT2D eigenvalue weighted by atomic mass is 15.2. The van der Waals surface area contributed by atoms with Crippen molar-refractivity contribution in [1.29, 1.82) is 0 Å². The van der Waals surface area contributed by atoms with Gasteiger partial charge in [0.25, 0.3) is 0 Å². The molecule has 1 unspecified atom stereocenters. The number of anilines is 2. The number of nitrogens with one attached hydrogen (secondary N) is 2.